The number of hydrogen-bond acceptors (Lipinski definition) is 4. The van der Waals surface area contributed by atoms with E-state index in [2.05, 4.69) is 42.2 Å². The monoisotopic (exact) mass is 419 g/mol. The maximum absolute atomic E-state index is 11.4. The highest BCUT2D eigenvalue weighted by Crippen LogP contribution is 2.33. The topological polar surface area (TPSA) is 79.3 Å². The van der Waals surface area contributed by atoms with Crippen molar-refractivity contribution in [2.45, 2.75) is 64.5 Å². The van der Waals surface area contributed by atoms with Crippen LogP contribution >= 0.6 is 0 Å². The van der Waals surface area contributed by atoms with Gasteiger partial charge in [0.05, 0.1) is 6.10 Å². The van der Waals surface area contributed by atoms with Gasteiger partial charge in [0.2, 0.25) is 5.91 Å². The lowest BCUT2D eigenvalue weighted by atomic mass is 9.86. The molecule has 0 radical (unpaired) electrons. The number of benzene rings is 2. The molecule has 2 fully saturated rings. The van der Waals surface area contributed by atoms with E-state index in [1.807, 2.05) is 6.07 Å². The minimum Gasteiger partial charge on any atom is -0.489 e. The van der Waals surface area contributed by atoms with E-state index in [4.69, 9.17) is 10.5 Å². The van der Waals surface area contributed by atoms with E-state index < -0.39 is 0 Å². The van der Waals surface area contributed by atoms with Crippen LogP contribution in [0.4, 0.5) is 0 Å². The molecule has 0 unspecified atom stereocenters. The lowest BCUT2D eigenvalue weighted by Crippen LogP contribution is -2.38. The number of nitrogens with zero attached hydrogens (tertiary/aromatic N) is 2. The molecule has 1 saturated heterocycles. The molecule has 2 aromatic carbocycles. The third kappa shape index (κ3) is 5.02. The maximum Gasteiger partial charge on any atom is 0.220 e. The van der Waals surface area contributed by atoms with Crippen molar-refractivity contribution in [3.8, 4) is 11.8 Å². The Morgan fingerprint density at radius 2 is 1.84 bits per heavy atom. The van der Waals surface area contributed by atoms with Gasteiger partial charge in [-0.15, -0.1) is 0 Å². The Morgan fingerprint density at radius 1 is 1.13 bits per heavy atom. The molecule has 1 heterocycles. The Balaban J connectivity index is 1.49. The molecule has 2 N–H and O–H groups in total. The number of fused-ring (bicyclic) bond motifs is 1. The largest absolute Gasteiger partial charge is 0.489 e. The second-order valence-corrected chi connectivity index (χ2v) is 9.23. The molecule has 0 spiro atoms. The van der Waals surface area contributed by atoms with Crippen LogP contribution in [0.25, 0.3) is 10.8 Å². The smallest absolute Gasteiger partial charge is 0.220 e. The number of ether oxygens (including phenoxy) is 1. The van der Waals surface area contributed by atoms with Crippen LogP contribution in [-0.2, 0) is 11.3 Å². The molecule has 4 rings (SSSR count). The number of amides is 1. The normalized spacial score (nSPS) is 22.8. The van der Waals surface area contributed by atoms with Crippen molar-refractivity contribution < 1.29 is 9.53 Å². The standard InChI is InChI=1S/C26H33N3O2/c1-2-18-4-8-22(9-5-18)31-25-10-7-20-6-3-19(15-23(20)24(25)16-27)17-29-13-11-21(12-14-29)26(28)30/h3,6-7,10,15,18,21-22H,2,4-5,8-9,11-14,17H2,1H3,(H2,28,30). The van der Waals surface area contributed by atoms with Gasteiger partial charge in [0, 0.05) is 17.8 Å². The van der Waals surface area contributed by atoms with Gasteiger partial charge < -0.3 is 10.5 Å². The van der Waals surface area contributed by atoms with Crippen molar-refractivity contribution >= 4 is 16.7 Å². The fourth-order valence-electron chi connectivity index (χ4n) is 5.13. The number of carbonyl (C=O) groups excluding carboxylic acids is 1. The van der Waals surface area contributed by atoms with Crippen molar-refractivity contribution in [1.29, 1.82) is 5.26 Å². The maximum atomic E-state index is 11.4. The molecular formula is C26H33N3O2. The van der Waals surface area contributed by atoms with Gasteiger partial charge in [-0.3, -0.25) is 9.69 Å². The minimum atomic E-state index is -0.181. The molecule has 1 amide bonds. The average molecular weight is 420 g/mol. The van der Waals surface area contributed by atoms with Gasteiger partial charge >= 0.3 is 0 Å². The first kappa shape index (κ1) is 21.6. The molecule has 2 aliphatic rings. The van der Waals surface area contributed by atoms with Crippen molar-refractivity contribution in [3.05, 3.63) is 41.5 Å². The van der Waals surface area contributed by atoms with Crippen molar-refractivity contribution in [2.75, 3.05) is 13.1 Å². The summed E-state index contributed by atoms with van der Waals surface area (Å²) in [6.07, 6.45) is 7.68. The van der Waals surface area contributed by atoms with Gasteiger partial charge in [-0.1, -0.05) is 31.5 Å². The average Bonchev–Trinajstić information content (AvgIpc) is 2.80. The Labute approximate surface area is 185 Å². The molecule has 1 saturated carbocycles. The first-order chi connectivity index (χ1) is 15.1. The molecule has 0 aromatic heterocycles. The lowest BCUT2D eigenvalue weighted by Gasteiger charge is -2.30. The van der Waals surface area contributed by atoms with Crippen LogP contribution in [0.1, 0.15) is 63.0 Å². The van der Waals surface area contributed by atoms with Crippen molar-refractivity contribution in [3.63, 3.8) is 0 Å². The number of carbonyl (C=O) groups is 1. The van der Waals surface area contributed by atoms with E-state index in [0.29, 0.717) is 5.56 Å². The first-order valence-electron chi connectivity index (χ1n) is 11.7. The number of hydrogen-bond donors (Lipinski definition) is 1. The van der Waals surface area contributed by atoms with Crippen LogP contribution in [0.3, 0.4) is 0 Å². The molecule has 2 aromatic rings. The highest BCUT2D eigenvalue weighted by Gasteiger charge is 2.24. The summed E-state index contributed by atoms with van der Waals surface area (Å²) in [5.74, 6) is 1.36. The summed E-state index contributed by atoms with van der Waals surface area (Å²) < 4.78 is 6.33. The van der Waals surface area contributed by atoms with E-state index in [1.165, 1.54) is 24.8 Å². The Hall–Kier alpha value is -2.58. The first-order valence-corrected chi connectivity index (χ1v) is 11.7. The number of nitriles is 1. The molecular weight excluding hydrogens is 386 g/mol. The van der Waals surface area contributed by atoms with Crippen LogP contribution in [0, 0.1) is 23.2 Å². The lowest BCUT2D eigenvalue weighted by molar-refractivity contribution is -0.123. The summed E-state index contributed by atoms with van der Waals surface area (Å²) in [7, 11) is 0. The van der Waals surface area contributed by atoms with Crippen molar-refractivity contribution in [1.82, 2.24) is 4.90 Å². The molecule has 5 nitrogen and oxygen atoms in total. The van der Waals surface area contributed by atoms with E-state index in [9.17, 15) is 10.1 Å². The third-order valence-corrected chi connectivity index (χ3v) is 7.22. The fraction of sp³-hybridized carbons (Fsp3) is 0.538. The number of likely N-dealkylation sites (tertiary alicyclic amines) is 1. The summed E-state index contributed by atoms with van der Waals surface area (Å²) in [5, 5.41) is 12.0. The zero-order valence-corrected chi connectivity index (χ0v) is 18.5. The van der Waals surface area contributed by atoms with Crippen LogP contribution in [0.2, 0.25) is 0 Å². The van der Waals surface area contributed by atoms with Gasteiger partial charge in [0.15, 0.2) is 0 Å². The molecule has 164 valence electrons. The van der Waals surface area contributed by atoms with Gasteiger partial charge in [0.1, 0.15) is 17.4 Å². The predicted molar refractivity (Wildman–Crippen MR) is 123 cm³/mol. The zero-order chi connectivity index (χ0) is 21.8. The second-order valence-electron chi connectivity index (χ2n) is 9.23. The van der Waals surface area contributed by atoms with Crippen LogP contribution < -0.4 is 10.5 Å². The molecule has 1 aliphatic carbocycles. The SMILES string of the molecule is CCC1CCC(Oc2ccc3ccc(CN4CCC(C(N)=O)CC4)cc3c2C#N)CC1. The number of primary amides is 1. The van der Waals surface area contributed by atoms with E-state index in [0.717, 1.165) is 67.8 Å². The molecule has 0 atom stereocenters. The summed E-state index contributed by atoms with van der Waals surface area (Å²) in [6, 6.07) is 12.8. The zero-order valence-electron chi connectivity index (χ0n) is 18.5. The van der Waals surface area contributed by atoms with Gasteiger partial charge in [-0.25, -0.2) is 0 Å². The van der Waals surface area contributed by atoms with E-state index in [1.54, 1.807) is 0 Å². The molecule has 1 aliphatic heterocycles. The second kappa shape index (κ2) is 9.70. The number of nitrogens with two attached hydrogens (primary N) is 1. The summed E-state index contributed by atoms with van der Waals surface area (Å²) in [4.78, 5) is 13.8. The van der Waals surface area contributed by atoms with Crippen LogP contribution in [0.15, 0.2) is 30.3 Å². The molecule has 5 heteroatoms. The van der Waals surface area contributed by atoms with Gasteiger partial charge in [-0.05, 0) is 80.6 Å². The van der Waals surface area contributed by atoms with Gasteiger partial charge in [0.25, 0.3) is 0 Å². The highest BCUT2D eigenvalue weighted by atomic mass is 16.5. The Kier molecular flexibility index (Phi) is 6.77. The summed E-state index contributed by atoms with van der Waals surface area (Å²) in [6.45, 7) is 4.83. The van der Waals surface area contributed by atoms with Crippen LogP contribution in [0.5, 0.6) is 5.75 Å². The fourth-order valence-corrected chi connectivity index (χ4v) is 5.13. The number of rotatable bonds is 6. The Morgan fingerprint density at radius 3 is 2.48 bits per heavy atom. The number of piperidine rings is 1. The van der Waals surface area contributed by atoms with Gasteiger partial charge in [-0.2, -0.15) is 5.26 Å². The minimum absolute atomic E-state index is 0.00476. The Bertz CT molecular complexity index is 965. The van der Waals surface area contributed by atoms with Crippen LogP contribution in [-0.4, -0.2) is 30.0 Å². The van der Waals surface area contributed by atoms with E-state index >= 15 is 0 Å². The predicted octanol–water partition coefficient (Wildman–Crippen LogP) is 4.76. The quantitative estimate of drug-likeness (QED) is 0.732. The molecule has 31 heavy (non-hydrogen) atoms. The highest BCUT2D eigenvalue weighted by molar-refractivity contribution is 5.90. The summed E-state index contributed by atoms with van der Waals surface area (Å²) in [5.41, 5.74) is 7.28. The van der Waals surface area contributed by atoms with Crippen molar-refractivity contribution in [2.24, 2.45) is 17.6 Å². The molecule has 0 bridgehead atoms. The summed E-state index contributed by atoms with van der Waals surface area (Å²) >= 11 is 0. The third-order valence-electron chi connectivity index (χ3n) is 7.22. The van der Waals surface area contributed by atoms with E-state index in [-0.39, 0.29) is 17.9 Å².